The molecule has 0 aliphatic carbocycles. The maximum absolute atomic E-state index is 6.25. The van der Waals surface area contributed by atoms with Crippen molar-refractivity contribution in [3.63, 3.8) is 0 Å². The summed E-state index contributed by atoms with van der Waals surface area (Å²) in [5.74, 6) is 0.786. The zero-order valence-corrected chi connectivity index (χ0v) is 16.5. The lowest BCUT2D eigenvalue weighted by molar-refractivity contribution is 0.122. The van der Waals surface area contributed by atoms with E-state index in [0.29, 0.717) is 13.1 Å². The summed E-state index contributed by atoms with van der Waals surface area (Å²) in [6.45, 7) is 7.52. The minimum Gasteiger partial charge on any atom is -0.378 e. The number of para-hydroxylation sites is 1. The van der Waals surface area contributed by atoms with E-state index in [1.54, 1.807) is 0 Å². The Morgan fingerprint density at radius 3 is 2.48 bits per heavy atom. The Bertz CT molecular complexity index is 759. The lowest BCUT2D eigenvalue weighted by atomic mass is 10.1. The van der Waals surface area contributed by atoms with Gasteiger partial charge in [-0.15, -0.1) is 0 Å². The molecule has 0 atom stereocenters. The Morgan fingerprint density at radius 2 is 1.74 bits per heavy atom. The average Bonchev–Trinajstić information content (AvgIpc) is 2.72. The molecule has 3 rings (SSSR count). The summed E-state index contributed by atoms with van der Waals surface area (Å²) in [6, 6.07) is 16.3. The number of ether oxygens (including phenoxy) is 1. The highest BCUT2D eigenvalue weighted by Gasteiger charge is 2.14. The summed E-state index contributed by atoms with van der Waals surface area (Å²) in [6.07, 6.45) is 0. The highest BCUT2D eigenvalue weighted by molar-refractivity contribution is 6.31. The molecule has 1 fully saturated rings. The van der Waals surface area contributed by atoms with Crippen molar-refractivity contribution in [2.45, 2.75) is 20.0 Å². The first-order valence-corrected chi connectivity index (χ1v) is 9.82. The number of nitrogens with zero attached hydrogens (tertiary/aromatic N) is 2. The number of hydrogen-bond acceptors (Lipinski definition) is 3. The van der Waals surface area contributed by atoms with Gasteiger partial charge in [0, 0.05) is 36.9 Å². The van der Waals surface area contributed by atoms with Gasteiger partial charge in [0.15, 0.2) is 5.96 Å². The molecule has 2 aromatic rings. The van der Waals surface area contributed by atoms with Crippen LogP contribution < -0.4 is 15.5 Å². The van der Waals surface area contributed by atoms with Crippen molar-refractivity contribution in [3.05, 3.63) is 64.7 Å². The number of benzene rings is 2. The second kappa shape index (κ2) is 10.2. The maximum atomic E-state index is 6.25. The molecule has 6 heteroatoms. The van der Waals surface area contributed by atoms with E-state index in [4.69, 9.17) is 21.3 Å². The summed E-state index contributed by atoms with van der Waals surface area (Å²) in [7, 11) is 0. The minimum atomic E-state index is 0.616. The molecule has 0 aromatic heterocycles. The van der Waals surface area contributed by atoms with Crippen LogP contribution in [-0.2, 0) is 17.8 Å². The molecule has 0 spiro atoms. The van der Waals surface area contributed by atoms with Crippen molar-refractivity contribution in [2.24, 2.45) is 4.99 Å². The van der Waals surface area contributed by atoms with Gasteiger partial charge in [0.2, 0.25) is 0 Å². The van der Waals surface area contributed by atoms with Crippen LogP contribution in [0.25, 0.3) is 0 Å². The molecule has 1 aliphatic heterocycles. The molecule has 0 unspecified atom stereocenters. The van der Waals surface area contributed by atoms with Gasteiger partial charge in [-0.3, -0.25) is 0 Å². The van der Waals surface area contributed by atoms with Crippen molar-refractivity contribution < 1.29 is 4.74 Å². The molecule has 5 nitrogen and oxygen atoms in total. The van der Waals surface area contributed by atoms with E-state index in [9.17, 15) is 0 Å². The largest absolute Gasteiger partial charge is 0.378 e. The fourth-order valence-corrected chi connectivity index (χ4v) is 3.29. The molecule has 0 radical (unpaired) electrons. The van der Waals surface area contributed by atoms with Crippen molar-refractivity contribution in [2.75, 3.05) is 37.7 Å². The van der Waals surface area contributed by atoms with Gasteiger partial charge in [-0.2, -0.15) is 0 Å². The molecule has 1 aliphatic rings. The number of morpholine rings is 1. The number of rotatable bonds is 6. The normalized spacial score (nSPS) is 14.9. The number of nitrogens with one attached hydrogen (secondary N) is 2. The minimum absolute atomic E-state index is 0.616. The Hall–Kier alpha value is -2.24. The second-order valence-corrected chi connectivity index (χ2v) is 6.78. The molecule has 27 heavy (non-hydrogen) atoms. The summed E-state index contributed by atoms with van der Waals surface area (Å²) >= 11 is 6.25. The molecule has 2 N–H and O–H groups in total. The maximum Gasteiger partial charge on any atom is 0.191 e. The third kappa shape index (κ3) is 5.62. The molecule has 1 heterocycles. The summed E-state index contributed by atoms with van der Waals surface area (Å²) < 4.78 is 5.47. The number of aliphatic imine (C=N–C) groups is 1. The topological polar surface area (TPSA) is 48.9 Å². The van der Waals surface area contributed by atoms with Crippen LogP contribution in [0.1, 0.15) is 18.1 Å². The predicted molar refractivity (Wildman–Crippen MR) is 113 cm³/mol. The first kappa shape index (κ1) is 19.5. The van der Waals surface area contributed by atoms with Crippen molar-refractivity contribution in [1.82, 2.24) is 10.6 Å². The highest BCUT2D eigenvalue weighted by atomic mass is 35.5. The monoisotopic (exact) mass is 386 g/mol. The van der Waals surface area contributed by atoms with Gasteiger partial charge < -0.3 is 20.3 Å². The van der Waals surface area contributed by atoms with E-state index in [-0.39, 0.29) is 0 Å². The Labute approximate surface area is 166 Å². The van der Waals surface area contributed by atoms with Gasteiger partial charge in [-0.25, -0.2) is 4.99 Å². The number of anilines is 1. The summed E-state index contributed by atoms with van der Waals surface area (Å²) in [5.41, 5.74) is 3.51. The first-order chi connectivity index (χ1) is 13.3. The zero-order valence-electron chi connectivity index (χ0n) is 15.7. The molecular formula is C21H27ClN4O. The Balaban J connectivity index is 1.69. The van der Waals surface area contributed by atoms with Crippen LogP contribution in [-0.4, -0.2) is 38.8 Å². The van der Waals surface area contributed by atoms with E-state index >= 15 is 0 Å². The van der Waals surface area contributed by atoms with Gasteiger partial charge in [-0.05, 0) is 30.2 Å². The van der Waals surface area contributed by atoms with Crippen LogP contribution in [0, 0.1) is 0 Å². The Morgan fingerprint density at radius 1 is 1.04 bits per heavy atom. The smallest absolute Gasteiger partial charge is 0.191 e. The van der Waals surface area contributed by atoms with Crippen LogP contribution >= 0.6 is 11.6 Å². The quantitative estimate of drug-likeness (QED) is 0.590. The van der Waals surface area contributed by atoms with Crippen molar-refractivity contribution in [3.8, 4) is 0 Å². The van der Waals surface area contributed by atoms with E-state index in [0.717, 1.165) is 49.4 Å². The van der Waals surface area contributed by atoms with E-state index in [2.05, 4.69) is 46.7 Å². The molecule has 1 saturated heterocycles. The highest BCUT2D eigenvalue weighted by Crippen LogP contribution is 2.22. The van der Waals surface area contributed by atoms with Crippen LogP contribution in [0.2, 0.25) is 5.02 Å². The first-order valence-electron chi connectivity index (χ1n) is 9.44. The van der Waals surface area contributed by atoms with Crippen molar-refractivity contribution in [1.29, 1.82) is 0 Å². The predicted octanol–water partition coefficient (Wildman–Crippen LogP) is 3.43. The molecular weight excluding hydrogens is 360 g/mol. The van der Waals surface area contributed by atoms with E-state index < -0.39 is 0 Å². The lowest BCUT2D eigenvalue weighted by Crippen LogP contribution is -2.37. The standard InChI is InChI=1S/C21H27ClN4O/c1-2-23-21(24-15-17-7-3-5-9-19(17)22)25-16-18-8-4-6-10-20(18)26-11-13-27-14-12-26/h3-10H,2,11-16H2,1H3,(H2,23,24,25). The fourth-order valence-electron chi connectivity index (χ4n) is 3.08. The van der Waals surface area contributed by atoms with Gasteiger partial charge in [0.25, 0.3) is 0 Å². The van der Waals surface area contributed by atoms with Crippen LogP contribution in [0.4, 0.5) is 5.69 Å². The summed E-state index contributed by atoms with van der Waals surface area (Å²) in [4.78, 5) is 7.15. The van der Waals surface area contributed by atoms with E-state index in [1.807, 2.05) is 24.3 Å². The molecule has 0 bridgehead atoms. The number of guanidine groups is 1. The average molecular weight is 387 g/mol. The second-order valence-electron chi connectivity index (χ2n) is 6.37. The van der Waals surface area contributed by atoms with Crippen molar-refractivity contribution >= 4 is 23.2 Å². The number of halogens is 1. The van der Waals surface area contributed by atoms with Crippen LogP contribution in [0.3, 0.4) is 0 Å². The molecule has 0 saturated carbocycles. The molecule has 144 valence electrons. The zero-order chi connectivity index (χ0) is 18.9. The lowest BCUT2D eigenvalue weighted by Gasteiger charge is -2.30. The third-order valence-electron chi connectivity index (χ3n) is 4.50. The fraction of sp³-hybridized carbons (Fsp3) is 0.381. The van der Waals surface area contributed by atoms with Crippen LogP contribution in [0.15, 0.2) is 53.5 Å². The number of hydrogen-bond donors (Lipinski definition) is 2. The summed E-state index contributed by atoms with van der Waals surface area (Å²) in [5, 5.41) is 7.43. The van der Waals surface area contributed by atoms with Gasteiger partial charge in [0.1, 0.15) is 0 Å². The van der Waals surface area contributed by atoms with Crippen LogP contribution in [0.5, 0.6) is 0 Å². The van der Waals surface area contributed by atoms with Gasteiger partial charge in [0.05, 0.1) is 19.8 Å². The SMILES string of the molecule is CCNC(=NCc1ccccc1N1CCOCC1)NCc1ccccc1Cl. The molecule has 0 amide bonds. The van der Waals surface area contributed by atoms with Gasteiger partial charge >= 0.3 is 0 Å². The van der Waals surface area contributed by atoms with E-state index in [1.165, 1.54) is 11.3 Å². The Kier molecular flexibility index (Phi) is 7.36. The molecule has 2 aromatic carbocycles. The third-order valence-corrected chi connectivity index (χ3v) is 4.87. The van der Waals surface area contributed by atoms with Gasteiger partial charge in [-0.1, -0.05) is 48.0 Å².